The number of oxazole rings is 1. The molecule has 1 amide bonds. The van der Waals surface area contributed by atoms with Crippen LogP contribution in [-0.2, 0) is 11.3 Å². The molecule has 0 aliphatic heterocycles. The smallest absolute Gasteiger partial charge is 0.408 e. The summed E-state index contributed by atoms with van der Waals surface area (Å²) >= 11 is 1.43. The maximum atomic E-state index is 12.4. The molecule has 6 nitrogen and oxygen atoms in total. The minimum Gasteiger partial charge on any atom is -0.408 e. The summed E-state index contributed by atoms with van der Waals surface area (Å²) in [6.45, 7) is 3.92. The van der Waals surface area contributed by atoms with Gasteiger partial charge in [-0.2, -0.15) is 0 Å². The van der Waals surface area contributed by atoms with E-state index in [0.717, 1.165) is 21.3 Å². The van der Waals surface area contributed by atoms with Crippen LogP contribution in [0.1, 0.15) is 11.1 Å². The van der Waals surface area contributed by atoms with Crippen LogP contribution >= 0.6 is 11.3 Å². The number of nitrogens with zero attached hydrogens (tertiary/aromatic N) is 2. The Morgan fingerprint density at radius 2 is 2.08 bits per heavy atom. The molecule has 4 aromatic rings. The number of anilines is 1. The molecule has 0 atom stereocenters. The van der Waals surface area contributed by atoms with Gasteiger partial charge in [0.15, 0.2) is 10.7 Å². The second kappa shape index (κ2) is 5.86. The van der Waals surface area contributed by atoms with Crippen molar-refractivity contribution in [3.63, 3.8) is 0 Å². The Morgan fingerprint density at radius 1 is 1.28 bits per heavy atom. The van der Waals surface area contributed by atoms with Crippen molar-refractivity contribution in [2.75, 3.05) is 5.32 Å². The fraction of sp³-hybridized carbons (Fsp3) is 0.167. The van der Waals surface area contributed by atoms with E-state index in [1.165, 1.54) is 15.9 Å². The van der Waals surface area contributed by atoms with Crippen LogP contribution in [-0.4, -0.2) is 15.5 Å². The largest absolute Gasteiger partial charge is 0.420 e. The summed E-state index contributed by atoms with van der Waals surface area (Å²) < 4.78 is 7.50. The zero-order chi connectivity index (χ0) is 17.6. The molecule has 0 aliphatic rings. The van der Waals surface area contributed by atoms with Gasteiger partial charge in [0.2, 0.25) is 5.91 Å². The Bertz CT molecular complexity index is 1170. The summed E-state index contributed by atoms with van der Waals surface area (Å²) in [7, 11) is 0. The number of nitrogens with one attached hydrogen (secondary N) is 1. The lowest BCUT2D eigenvalue weighted by Gasteiger charge is -2.02. The van der Waals surface area contributed by atoms with Crippen molar-refractivity contribution in [3.8, 4) is 0 Å². The van der Waals surface area contributed by atoms with Crippen molar-refractivity contribution < 1.29 is 9.21 Å². The SMILES string of the molecule is Cc1cc(C)c2sc(NC(=O)Cn3c(=O)oc4ccccc43)nc2c1. The van der Waals surface area contributed by atoms with E-state index in [-0.39, 0.29) is 12.5 Å². The second-order valence-electron chi connectivity index (χ2n) is 5.92. The van der Waals surface area contributed by atoms with Crippen molar-refractivity contribution in [3.05, 3.63) is 58.1 Å². The van der Waals surface area contributed by atoms with Gasteiger partial charge in [0.25, 0.3) is 0 Å². The number of hydrogen-bond acceptors (Lipinski definition) is 5. The maximum absolute atomic E-state index is 12.4. The second-order valence-corrected chi connectivity index (χ2v) is 6.92. The minimum atomic E-state index is -0.549. The molecule has 2 aromatic carbocycles. The van der Waals surface area contributed by atoms with Gasteiger partial charge < -0.3 is 9.73 Å². The van der Waals surface area contributed by atoms with Gasteiger partial charge in [-0.15, -0.1) is 0 Å². The van der Waals surface area contributed by atoms with Crippen LogP contribution in [0.2, 0.25) is 0 Å². The summed E-state index contributed by atoms with van der Waals surface area (Å²) in [4.78, 5) is 28.8. The highest BCUT2D eigenvalue weighted by Gasteiger charge is 2.14. The van der Waals surface area contributed by atoms with E-state index in [9.17, 15) is 9.59 Å². The van der Waals surface area contributed by atoms with Crippen molar-refractivity contribution in [2.24, 2.45) is 0 Å². The molecular formula is C18H15N3O3S. The highest BCUT2D eigenvalue weighted by molar-refractivity contribution is 7.22. The molecule has 0 saturated heterocycles. The van der Waals surface area contributed by atoms with Crippen LogP contribution in [0.3, 0.4) is 0 Å². The Balaban J connectivity index is 1.61. The van der Waals surface area contributed by atoms with Gasteiger partial charge in [-0.1, -0.05) is 29.5 Å². The summed E-state index contributed by atoms with van der Waals surface area (Å²) in [5.41, 5.74) is 4.18. The van der Waals surface area contributed by atoms with Crippen molar-refractivity contribution >= 4 is 43.7 Å². The maximum Gasteiger partial charge on any atom is 0.420 e. The van der Waals surface area contributed by atoms with Gasteiger partial charge in [-0.3, -0.25) is 9.36 Å². The third-order valence-corrected chi connectivity index (χ3v) is 5.06. The Labute approximate surface area is 146 Å². The van der Waals surface area contributed by atoms with Crippen LogP contribution in [0.5, 0.6) is 0 Å². The fourth-order valence-electron chi connectivity index (χ4n) is 2.90. The number of benzene rings is 2. The zero-order valence-electron chi connectivity index (χ0n) is 13.7. The monoisotopic (exact) mass is 353 g/mol. The molecular weight excluding hydrogens is 338 g/mol. The normalized spacial score (nSPS) is 11.3. The van der Waals surface area contributed by atoms with Gasteiger partial charge in [0.05, 0.1) is 15.7 Å². The summed E-state index contributed by atoms with van der Waals surface area (Å²) in [5, 5.41) is 3.30. The highest BCUT2D eigenvalue weighted by atomic mass is 32.1. The van der Waals surface area contributed by atoms with E-state index in [0.29, 0.717) is 16.2 Å². The molecule has 25 heavy (non-hydrogen) atoms. The van der Waals surface area contributed by atoms with E-state index in [1.54, 1.807) is 24.3 Å². The number of aryl methyl sites for hydroxylation is 2. The number of hydrogen-bond donors (Lipinski definition) is 1. The molecule has 0 saturated carbocycles. The van der Waals surface area contributed by atoms with E-state index in [2.05, 4.69) is 16.4 Å². The van der Waals surface area contributed by atoms with Crippen LogP contribution in [0.25, 0.3) is 21.3 Å². The van der Waals surface area contributed by atoms with Crippen molar-refractivity contribution in [1.29, 1.82) is 0 Å². The number of fused-ring (bicyclic) bond motifs is 2. The molecule has 7 heteroatoms. The average molecular weight is 353 g/mol. The molecule has 0 aliphatic carbocycles. The number of carbonyl (C=O) groups excluding carboxylic acids is 1. The topological polar surface area (TPSA) is 77.1 Å². The predicted octanol–water partition coefficient (Wildman–Crippen LogP) is 3.46. The van der Waals surface area contributed by atoms with Gasteiger partial charge in [-0.25, -0.2) is 9.78 Å². The van der Waals surface area contributed by atoms with Gasteiger partial charge in [-0.05, 0) is 43.2 Å². The first kappa shape index (κ1) is 15.6. The molecule has 0 radical (unpaired) electrons. The quantitative estimate of drug-likeness (QED) is 0.612. The molecule has 126 valence electrons. The predicted molar refractivity (Wildman–Crippen MR) is 98.2 cm³/mol. The molecule has 0 unspecified atom stereocenters. The fourth-order valence-corrected chi connectivity index (χ4v) is 3.83. The first-order chi connectivity index (χ1) is 12.0. The lowest BCUT2D eigenvalue weighted by atomic mass is 10.1. The molecule has 1 N–H and O–H groups in total. The number of para-hydroxylation sites is 2. The van der Waals surface area contributed by atoms with Crippen LogP contribution in [0.15, 0.2) is 45.6 Å². The lowest BCUT2D eigenvalue weighted by molar-refractivity contribution is -0.116. The third kappa shape index (κ3) is 2.83. The van der Waals surface area contributed by atoms with Gasteiger partial charge in [0, 0.05) is 0 Å². The number of thiazole rings is 1. The van der Waals surface area contributed by atoms with Crippen LogP contribution in [0.4, 0.5) is 5.13 Å². The lowest BCUT2D eigenvalue weighted by Crippen LogP contribution is -2.24. The number of amides is 1. The number of carbonyl (C=O) groups is 1. The third-order valence-electron chi connectivity index (χ3n) is 3.94. The highest BCUT2D eigenvalue weighted by Crippen LogP contribution is 2.29. The Morgan fingerprint density at radius 3 is 2.92 bits per heavy atom. The molecule has 2 heterocycles. The minimum absolute atomic E-state index is 0.121. The summed E-state index contributed by atoms with van der Waals surface area (Å²) in [6.07, 6.45) is 0. The summed E-state index contributed by atoms with van der Waals surface area (Å²) in [6, 6.07) is 11.1. The van der Waals surface area contributed by atoms with Gasteiger partial charge in [0.1, 0.15) is 6.54 Å². The average Bonchev–Trinajstić information content (AvgIpc) is 3.09. The van der Waals surface area contributed by atoms with E-state index in [4.69, 9.17) is 4.42 Å². The van der Waals surface area contributed by atoms with E-state index in [1.807, 2.05) is 19.9 Å². The Hall–Kier alpha value is -2.93. The van der Waals surface area contributed by atoms with Crippen LogP contribution < -0.4 is 11.1 Å². The molecule has 4 rings (SSSR count). The zero-order valence-corrected chi connectivity index (χ0v) is 14.5. The van der Waals surface area contributed by atoms with Gasteiger partial charge >= 0.3 is 5.76 Å². The number of rotatable bonds is 3. The number of aromatic nitrogens is 2. The summed E-state index contributed by atoms with van der Waals surface area (Å²) in [5.74, 6) is -0.866. The van der Waals surface area contributed by atoms with Crippen LogP contribution in [0, 0.1) is 13.8 Å². The van der Waals surface area contributed by atoms with Crippen molar-refractivity contribution in [1.82, 2.24) is 9.55 Å². The van der Waals surface area contributed by atoms with E-state index >= 15 is 0 Å². The van der Waals surface area contributed by atoms with E-state index < -0.39 is 5.76 Å². The molecule has 0 fully saturated rings. The molecule has 0 bridgehead atoms. The molecule has 0 spiro atoms. The first-order valence-electron chi connectivity index (χ1n) is 7.77. The van der Waals surface area contributed by atoms with Crippen molar-refractivity contribution in [2.45, 2.75) is 20.4 Å². The first-order valence-corrected chi connectivity index (χ1v) is 8.59. The standard InChI is InChI=1S/C18H15N3O3S/c1-10-7-11(2)16-12(8-10)19-17(25-16)20-15(22)9-21-13-5-3-4-6-14(13)24-18(21)23/h3-8H,9H2,1-2H3,(H,19,20,22). The molecule has 2 aromatic heterocycles. The Kier molecular flexibility index (Phi) is 3.65.